The zero-order valence-electron chi connectivity index (χ0n) is 11.9. The molecule has 1 rings (SSSR count). The van der Waals surface area contributed by atoms with Crippen molar-refractivity contribution < 1.29 is 18.3 Å². The Morgan fingerprint density at radius 1 is 1.21 bits per heavy atom. The van der Waals surface area contributed by atoms with E-state index in [1.807, 2.05) is 0 Å². The van der Waals surface area contributed by atoms with Gasteiger partial charge in [0.25, 0.3) is 10.2 Å². The smallest absolute Gasteiger partial charge is 0.282 e. The van der Waals surface area contributed by atoms with E-state index in [1.54, 1.807) is 7.05 Å². The van der Waals surface area contributed by atoms with Gasteiger partial charge in [-0.05, 0) is 12.8 Å². The van der Waals surface area contributed by atoms with E-state index in [9.17, 15) is 8.42 Å². The van der Waals surface area contributed by atoms with E-state index in [4.69, 9.17) is 9.84 Å². The summed E-state index contributed by atoms with van der Waals surface area (Å²) in [5.74, 6) is 0. The molecule has 6 nitrogen and oxygen atoms in total. The van der Waals surface area contributed by atoms with Crippen LogP contribution in [0.1, 0.15) is 32.1 Å². The summed E-state index contributed by atoms with van der Waals surface area (Å²) in [6.45, 7) is 0.540. The fourth-order valence-corrected chi connectivity index (χ4v) is 4.03. The Kier molecular flexibility index (Phi) is 7.23. The molecule has 0 bridgehead atoms. The molecular weight excluding hydrogens is 268 g/mol. The second-order valence-corrected chi connectivity index (χ2v) is 6.92. The van der Waals surface area contributed by atoms with Crippen LogP contribution in [0.4, 0.5) is 0 Å². The van der Waals surface area contributed by atoms with Crippen molar-refractivity contribution in [2.24, 2.45) is 0 Å². The number of hydrogen-bond acceptors (Lipinski definition) is 4. The van der Waals surface area contributed by atoms with Gasteiger partial charge >= 0.3 is 0 Å². The van der Waals surface area contributed by atoms with E-state index in [2.05, 4.69) is 0 Å². The van der Waals surface area contributed by atoms with Gasteiger partial charge in [-0.3, -0.25) is 0 Å². The van der Waals surface area contributed by atoms with Gasteiger partial charge in [-0.1, -0.05) is 19.3 Å². The van der Waals surface area contributed by atoms with Crippen LogP contribution < -0.4 is 0 Å². The van der Waals surface area contributed by atoms with Crippen LogP contribution in [0, 0.1) is 0 Å². The van der Waals surface area contributed by atoms with Gasteiger partial charge in [0.05, 0.1) is 13.2 Å². The Balaban J connectivity index is 2.72. The van der Waals surface area contributed by atoms with E-state index in [-0.39, 0.29) is 25.7 Å². The third-order valence-corrected chi connectivity index (χ3v) is 5.72. The first-order valence-corrected chi connectivity index (χ1v) is 8.26. The maximum absolute atomic E-state index is 12.5. The second-order valence-electron chi connectivity index (χ2n) is 4.93. The third kappa shape index (κ3) is 4.68. The first-order chi connectivity index (χ1) is 9.04. The zero-order valence-corrected chi connectivity index (χ0v) is 12.7. The molecule has 0 radical (unpaired) electrons. The molecule has 0 spiro atoms. The summed E-state index contributed by atoms with van der Waals surface area (Å²) < 4.78 is 32.7. The minimum absolute atomic E-state index is 0.0856. The van der Waals surface area contributed by atoms with Crippen molar-refractivity contribution in [3.8, 4) is 0 Å². The van der Waals surface area contributed by atoms with Gasteiger partial charge in [0.2, 0.25) is 0 Å². The molecule has 19 heavy (non-hydrogen) atoms. The summed E-state index contributed by atoms with van der Waals surface area (Å²) in [6, 6.07) is 0.0856. The lowest BCUT2D eigenvalue weighted by Gasteiger charge is -2.34. The molecule has 1 aliphatic carbocycles. The molecule has 0 aliphatic heterocycles. The lowest BCUT2D eigenvalue weighted by atomic mass is 9.96. The first kappa shape index (κ1) is 16.8. The maximum atomic E-state index is 12.5. The van der Waals surface area contributed by atoms with Crippen molar-refractivity contribution in [2.45, 2.75) is 38.1 Å². The summed E-state index contributed by atoms with van der Waals surface area (Å²) in [6.07, 6.45) is 5.21. The van der Waals surface area contributed by atoms with Crippen molar-refractivity contribution in [1.82, 2.24) is 8.61 Å². The summed E-state index contributed by atoms with van der Waals surface area (Å²) >= 11 is 0. The highest BCUT2D eigenvalue weighted by Crippen LogP contribution is 2.24. The van der Waals surface area contributed by atoms with E-state index in [1.165, 1.54) is 22.1 Å². The Morgan fingerprint density at radius 2 is 1.84 bits per heavy atom. The minimum Gasteiger partial charge on any atom is -0.395 e. The summed E-state index contributed by atoms with van der Waals surface area (Å²) in [5, 5.41) is 9.03. The van der Waals surface area contributed by atoms with E-state index < -0.39 is 10.2 Å². The van der Waals surface area contributed by atoms with Gasteiger partial charge in [0, 0.05) is 33.3 Å². The average molecular weight is 294 g/mol. The third-order valence-electron chi connectivity index (χ3n) is 3.67. The van der Waals surface area contributed by atoms with Gasteiger partial charge in [-0.25, -0.2) is 0 Å². The minimum atomic E-state index is -3.51. The van der Waals surface area contributed by atoms with Gasteiger partial charge in [-0.15, -0.1) is 0 Å². The molecule has 0 atom stereocenters. The van der Waals surface area contributed by atoms with Crippen molar-refractivity contribution in [2.75, 3.05) is 40.5 Å². The van der Waals surface area contributed by atoms with E-state index in [0.717, 1.165) is 25.7 Å². The summed E-state index contributed by atoms with van der Waals surface area (Å²) in [5.41, 5.74) is 0. The SMILES string of the molecule is COCCN(CCO)S(=O)(=O)N(C)C1CCCCC1. The van der Waals surface area contributed by atoms with Gasteiger partial charge < -0.3 is 9.84 Å². The molecule has 1 saturated carbocycles. The van der Waals surface area contributed by atoms with Crippen LogP contribution in [0.2, 0.25) is 0 Å². The van der Waals surface area contributed by atoms with Crippen LogP contribution in [0.5, 0.6) is 0 Å². The predicted octanol–water partition coefficient (Wildman–Crippen LogP) is 0.436. The molecule has 0 aromatic rings. The Morgan fingerprint density at radius 3 is 2.37 bits per heavy atom. The standard InChI is InChI=1S/C12H26N2O4S/c1-13(12-6-4-3-5-7-12)19(16,17)14(8-10-15)9-11-18-2/h12,15H,3-11H2,1-2H3. The summed E-state index contributed by atoms with van der Waals surface area (Å²) in [7, 11) is -0.331. The van der Waals surface area contributed by atoms with Crippen molar-refractivity contribution >= 4 is 10.2 Å². The highest BCUT2D eigenvalue weighted by molar-refractivity contribution is 7.86. The molecule has 0 unspecified atom stereocenters. The predicted molar refractivity (Wildman–Crippen MR) is 74.1 cm³/mol. The number of aliphatic hydroxyl groups excluding tert-OH is 1. The van der Waals surface area contributed by atoms with E-state index in [0.29, 0.717) is 6.61 Å². The second kappa shape index (κ2) is 8.16. The molecule has 7 heteroatoms. The number of ether oxygens (including phenoxy) is 1. The maximum Gasteiger partial charge on any atom is 0.282 e. The van der Waals surface area contributed by atoms with Gasteiger partial charge in [-0.2, -0.15) is 17.0 Å². The molecule has 0 aromatic carbocycles. The number of nitrogens with zero attached hydrogens (tertiary/aromatic N) is 2. The molecule has 114 valence electrons. The Labute approximate surface area is 116 Å². The lowest BCUT2D eigenvalue weighted by molar-refractivity contribution is 0.162. The van der Waals surface area contributed by atoms with Crippen LogP contribution in [-0.4, -0.2) is 68.6 Å². The topological polar surface area (TPSA) is 70.1 Å². The van der Waals surface area contributed by atoms with Crippen LogP contribution in [-0.2, 0) is 14.9 Å². The molecule has 1 fully saturated rings. The van der Waals surface area contributed by atoms with Crippen LogP contribution in [0.25, 0.3) is 0 Å². The Hall–Kier alpha value is -0.210. The van der Waals surface area contributed by atoms with Crippen molar-refractivity contribution in [3.05, 3.63) is 0 Å². The molecule has 0 saturated heterocycles. The highest BCUT2D eigenvalue weighted by Gasteiger charge is 2.32. The molecule has 0 amide bonds. The monoisotopic (exact) mass is 294 g/mol. The van der Waals surface area contributed by atoms with E-state index >= 15 is 0 Å². The fraction of sp³-hybridized carbons (Fsp3) is 1.00. The summed E-state index contributed by atoms with van der Waals surface area (Å²) in [4.78, 5) is 0. The van der Waals surface area contributed by atoms with Gasteiger partial charge in [0.1, 0.15) is 0 Å². The molecule has 1 N–H and O–H groups in total. The fourth-order valence-electron chi connectivity index (χ4n) is 2.46. The van der Waals surface area contributed by atoms with Crippen molar-refractivity contribution in [3.63, 3.8) is 0 Å². The largest absolute Gasteiger partial charge is 0.395 e. The molecule has 0 aromatic heterocycles. The van der Waals surface area contributed by atoms with Crippen molar-refractivity contribution in [1.29, 1.82) is 0 Å². The number of rotatable bonds is 8. The zero-order chi connectivity index (χ0) is 14.3. The quantitative estimate of drug-likeness (QED) is 0.705. The van der Waals surface area contributed by atoms with Crippen LogP contribution in [0.15, 0.2) is 0 Å². The number of methoxy groups -OCH3 is 1. The Bertz CT molecular complexity index is 334. The lowest BCUT2D eigenvalue weighted by Crippen LogP contribution is -2.48. The normalized spacial score (nSPS) is 18.4. The first-order valence-electron chi connectivity index (χ1n) is 6.87. The number of hydrogen-bond donors (Lipinski definition) is 1. The molecule has 0 heterocycles. The van der Waals surface area contributed by atoms with Crippen LogP contribution >= 0.6 is 0 Å². The highest BCUT2D eigenvalue weighted by atomic mass is 32.2. The average Bonchev–Trinajstić information content (AvgIpc) is 2.43. The van der Waals surface area contributed by atoms with Gasteiger partial charge in [0.15, 0.2) is 0 Å². The van der Waals surface area contributed by atoms with Crippen LogP contribution in [0.3, 0.4) is 0 Å². The molecular formula is C12H26N2O4S. The molecule has 1 aliphatic rings. The number of aliphatic hydroxyl groups is 1.